The maximum atomic E-state index is 14.0. The molecule has 0 spiro atoms. The lowest BCUT2D eigenvalue weighted by atomic mass is 9.96. The number of aliphatic imine (C=N–C) groups is 1. The Hall–Kier alpha value is -5.22. The van der Waals surface area contributed by atoms with Crippen LogP contribution < -0.4 is 27.4 Å². The minimum Gasteiger partial charge on any atom is -0.370 e. The van der Waals surface area contributed by atoms with Crippen molar-refractivity contribution in [1.29, 1.82) is 0 Å². The summed E-state index contributed by atoms with van der Waals surface area (Å²) in [5.41, 5.74) is 13.1. The number of para-hydroxylation sites is 1. The van der Waals surface area contributed by atoms with Gasteiger partial charge in [-0.05, 0) is 59.9 Å². The van der Waals surface area contributed by atoms with E-state index < -0.39 is 12.0 Å². The molecule has 1 heterocycles. The van der Waals surface area contributed by atoms with E-state index in [4.69, 9.17) is 11.5 Å². The third kappa shape index (κ3) is 8.70. The lowest BCUT2D eigenvalue weighted by Crippen LogP contribution is -2.49. The molecule has 5 rings (SSSR count). The highest BCUT2D eigenvalue weighted by Crippen LogP contribution is 2.23. The largest absolute Gasteiger partial charge is 0.370 e. The van der Waals surface area contributed by atoms with Crippen molar-refractivity contribution in [2.75, 3.05) is 31.5 Å². The van der Waals surface area contributed by atoms with Gasteiger partial charge in [-0.2, -0.15) is 0 Å². The summed E-state index contributed by atoms with van der Waals surface area (Å²) in [4.78, 5) is 46.6. The maximum Gasteiger partial charge on any atom is 0.251 e. The van der Waals surface area contributed by atoms with Crippen molar-refractivity contribution >= 4 is 40.1 Å². The van der Waals surface area contributed by atoms with Crippen LogP contribution in [-0.2, 0) is 9.59 Å². The highest BCUT2D eigenvalue weighted by atomic mass is 16.2. The molecule has 7 N–H and O–H groups in total. The summed E-state index contributed by atoms with van der Waals surface area (Å²) < 4.78 is 0. The Kier molecular flexibility index (Phi) is 11.0. The van der Waals surface area contributed by atoms with Crippen LogP contribution in [0.3, 0.4) is 0 Å². The van der Waals surface area contributed by atoms with E-state index in [1.54, 1.807) is 4.90 Å². The SMILES string of the molecule is NC(N)=NCCCC1NC(CNC(=O)c2ccc3ccccc3c2)CCN(CC(C(=O)Nc2ccccc2)c2ccccc2)C1=O. The van der Waals surface area contributed by atoms with Crippen LogP contribution in [0.2, 0.25) is 0 Å². The molecule has 3 unspecified atom stereocenters. The standard InChI is InChI=1S/C36H41N7O3/c37-36(38)39-20-9-16-32-35(46)43(24-31(26-11-3-1-4-12-26)34(45)42-29-14-5-2-6-15-29)21-19-30(41-32)23-40-33(44)28-18-17-25-10-7-8-13-27(25)22-28/h1-8,10-15,17-18,22,30-32,41H,9,16,19-21,23-24H2,(H,40,44)(H,42,45)(H4,37,38,39). The van der Waals surface area contributed by atoms with Gasteiger partial charge in [-0.1, -0.05) is 78.9 Å². The van der Waals surface area contributed by atoms with E-state index >= 15 is 0 Å². The molecule has 1 saturated heterocycles. The van der Waals surface area contributed by atoms with Crippen molar-refractivity contribution in [3.8, 4) is 0 Å². The summed E-state index contributed by atoms with van der Waals surface area (Å²) in [6.45, 7) is 1.37. The number of nitrogens with one attached hydrogen (secondary N) is 3. The van der Waals surface area contributed by atoms with E-state index in [0.29, 0.717) is 50.1 Å². The Labute approximate surface area is 269 Å². The monoisotopic (exact) mass is 619 g/mol. The molecule has 4 aromatic rings. The van der Waals surface area contributed by atoms with Crippen LogP contribution in [0.1, 0.15) is 41.1 Å². The molecule has 1 aliphatic heterocycles. The number of anilines is 1. The number of benzene rings is 4. The van der Waals surface area contributed by atoms with Crippen LogP contribution in [0, 0.1) is 0 Å². The van der Waals surface area contributed by atoms with Crippen LogP contribution in [-0.4, -0.2) is 66.8 Å². The van der Waals surface area contributed by atoms with Crippen LogP contribution in [0.5, 0.6) is 0 Å². The molecular formula is C36H41N7O3. The number of hydrogen-bond acceptors (Lipinski definition) is 5. The third-order valence-electron chi connectivity index (χ3n) is 8.22. The second-order valence-corrected chi connectivity index (χ2v) is 11.5. The molecule has 3 atom stereocenters. The second-order valence-electron chi connectivity index (χ2n) is 11.5. The van der Waals surface area contributed by atoms with Crippen molar-refractivity contribution in [2.24, 2.45) is 16.5 Å². The fraction of sp³-hybridized carbons (Fsp3) is 0.278. The van der Waals surface area contributed by atoms with Gasteiger partial charge in [-0.25, -0.2) is 0 Å². The number of nitrogens with two attached hydrogens (primary N) is 2. The Bertz CT molecular complexity index is 1660. The highest BCUT2D eigenvalue weighted by Gasteiger charge is 2.34. The fourth-order valence-corrected chi connectivity index (χ4v) is 5.78. The van der Waals surface area contributed by atoms with Gasteiger partial charge < -0.3 is 32.3 Å². The minimum absolute atomic E-state index is 0.00573. The normalized spacial score (nSPS) is 17.1. The van der Waals surface area contributed by atoms with Crippen molar-refractivity contribution in [1.82, 2.24) is 15.5 Å². The number of hydrogen-bond donors (Lipinski definition) is 5. The van der Waals surface area contributed by atoms with Crippen LogP contribution in [0.4, 0.5) is 5.69 Å². The first kappa shape index (κ1) is 32.2. The molecular weight excluding hydrogens is 578 g/mol. The summed E-state index contributed by atoms with van der Waals surface area (Å²) >= 11 is 0. The second kappa shape index (κ2) is 15.7. The molecule has 0 saturated carbocycles. The Morgan fingerprint density at radius 2 is 1.61 bits per heavy atom. The molecule has 0 radical (unpaired) electrons. The van der Waals surface area contributed by atoms with Gasteiger partial charge in [-0.3, -0.25) is 19.4 Å². The summed E-state index contributed by atoms with van der Waals surface area (Å²) in [6, 6.07) is 31.7. The van der Waals surface area contributed by atoms with Gasteiger partial charge in [0.05, 0.1) is 12.0 Å². The first-order valence-electron chi connectivity index (χ1n) is 15.7. The lowest BCUT2D eigenvalue weighted by Gasteiger charge is -2.28. The maximum absolute atomic E-state index is 14.0. The van der Waals surface area contributed by atoms with Gasteiger partial charge in [0.25, 0.3) is 5.91 Å². The molecule has 4 aromatic carbocycles. The topological polar surface area (TPSA) is 155 Å². The van der Waals surface area contributed by atoms with Gasteiger partial charge in [0.1, 0.15) is 0 Å². The summed E-state index contributed by atoms with van der Waals surface area (Å²) in [5.74, 6) is -1.04. The van der Waals surface area contributed by atoms with Crippen LogP contribution in [0.15, 0.2) is 108 Å². The van der Waals surface area contributed by atoms with E-state index in [9.17, 15) is 14.4 Å². The number of carbonyl (C=O) groups excluding carboxylic acids is 3. The molecule has 0 bridgehead atoms. The molecule has 10 nitrogen and oxygen atoms in total. The first-order chi connectivity index (χ1) is 22.4. The zero-order valence-electron chi connectivity index (χ0n) is 25.8. The number of rotatable bonds is 12. The number of fused-ring (bicyclic) bond motifs is 1. The highest BCUT2D eigenvalue weighted by molar-refractivity contribution is 5.99. The number of nitrogens with zero attached hydrogens (tertiary/aromatic N) is 2. The molecule has 0 aromatic heterocycles. The molecule has 3 amide bonds. The number of carbonyl (C=O) groups is 3. The van der Waals surface area contributed by atoms with Crippen molar-refractivity contribution in [3.63, 3.8) is 0 Å². The van der Waals surface area contributed by atoms with Crippen LogP contribution >= 0.6 is 0 Å². The van der Waals surface area contributed by atoms with Crippen molar-refractivity contribution in [2.45, 2.75) is 37.3 Å². The van der Waals surface area contributed by atoms with Gasteiger partial charge >= 0.3 is 0 Å². The number of guanidine groups is 1. The Balaban J connectivity index is 1.31. The first-order valence-corrected chi connectivity index (χ1v) is 15.7. The predicted molar refractivity (Wildman–Crippen MR) is 182 cm³/mol. The molecule has 0 aliphatic carbocycles. The molecule has 46 heavy (non-hydrogen) atoms. The predicted octanol–water partition coefficient (Wildman–Crippen LogP) is 3.60. The number of amides is 3. The molecule has 238 valence electrons. The fourth-order valence-electron chi connectivity index (χ4n) is 5.78. The van der Waals surface area contributed by atoms with Crippen LogP contribution in [0.25, 0.3) is 10.8 Å². The van der Waals surface area contributed by atoms with E-state index in [1.165, 1.54) is 0 Å². The van der Waals surface area contributed by atoms with E-state index in [0.717, 1.165) is 16.3 Å². The van der Waals surface area contributed by atoms with E-state index in [1.807, 2.05) is 103 Å². The zero-order valence-corrected chi connectivity index (χ0v) is 25.8. The smallest absolute Gasteiger partial charge is 0.251 e. The average Bonchev–Trinajstić information content (AvgIpc) is 3.22. The van der Waals surface area contributed by atoms with Gasteiger partial charge in [-0.15, -0.1) is 0 Å². The summed E-state index contributed by atoms with van der Waals surface area (Å²) in [6.07, 6.45) is 1.67. The molecule has 1 aliphatic rings. The lowest BCUT2D eigenvalue weighted by molar-refractivity contribution is -0.133. The molecule has 10 heteroatoms. The van der Waals surface area contributed by atoms with Gasteiger partial charge in [0.2, 0.25) is 11.8 Å². The average molecular weight is 620 g/mol. The van der Waals surface area contributed by atoms with E-state index in [2.05, 4.69) is 20.9 Å². The third-order valence-corrected chi connectivity index (χ3v) is 8.22. The van der Waals surface area contributed by atoms with Gasteiger partial charge in [0.15, 0.2) is 5.96 Å². The Morgan fingerprint density at radius 3 is 2.35 bits per heavy atom. The quantitative estimate of drug-likeness (QED) is 0.0928. The van der Waals surface area contributed by atoms with E-state index in [-0.39, 0.29) is 36.3 Å². The summed E-state index contributed by atoms with van der Waals surface area (Å²) in [5, 5.41) is 11.6. The van der Waals surface area contributed by atoms with Crippen molar-refractivity contribution in [3.05, 3.63) is 114 Å². The minimum atomic E-state index is -0.586. The molecule has 1 fully saturated rings. The zero-order chi connectivity index (χ0) is 32.3. The summed E-state index contributed by atoms with van der Waals surface area (Å²) in [7, 11) is 0. The van der Waals surface area contributed by atoms with Gasteiger partial charge in [0, 0.05) is 43.5 Å². The Morgan fingerprint density at radius 1 is 0.913 bits per heavy atom. The van der Waals surface area contributed by atoms with Crippen molar-refractivity contribution < 1.29 is 14.4 Å².